The Kier molecular flexibility index (Phi) is 3.82. The summed E-state index contributed by atoms with van der Waals surface area (Å²) in [6.45, 7) is 0. The van der Waals surface area contributed by atoms with Gasteiger partial charge in [0.25, 0.3) is 0 Å². The summed E-state index contributed by atoms with van der Waals surface area (Å²) in [6, 6.07) is 14.9. The highest BCUT2D eigenvalue weighted by atomic mass is 79.9. The van der Waals surface area contributed by atoms with Gasteiger partial charge in [-0.05, 0) is 46.3 Å². The van der Waals surface area contributed by atoms with Gasteiger partial charge in [-0.15, -0.1) is 0 Å². The molecule has 0 spiro atoms. The van der Waals surface area contributed by atoms with Crippen LogP contribution < -0.4 is 4.74 Å². The first-order valence-electron chi connectivity index (χ1n) is 4.82. The average molecular weight is 353 g/mol. The smallest absolute Gasteiger partial charge is 0.141 e. The summed E-state index contributed by atoms with van der Waals surface area (Å²) >= 11 is 6.75. The molecule has 2 rings (SSSR count). The molecule has 0 aliphatic rings. The molecule has 0 saturated carbocycles. The number of hydrogen-bond donors (Lipinski definition) is 0. The fourth-order valence-electron chi connectivity index (χ4n) is 1.34. The van der Waals surface area contributed by atoms with Crippen LogP contribution in [-0.2, 0) is 0 Å². The van der Waals surface area contributed by atoms with Gasteiger partial charge in [-0.2, -0.15) is 5.26 Å². The molecule has 84 valence electrons. The highest BCUT2D eigenvalue weighted by Crippen LogP contribution is 2.31. The van der Waals surface area contributed by atoms with Gasteiger partial charge in [0.2, 0.25) is 0 Å². The topological polar surface area (TPSA) is 33.0 Å². The van der Waals surface area contributed by atoms with Gasteiger partial charge in [-0.25, -0.2) is 0 Å². The van der Waals surface area contributed by atoms with E-state index < -0.39 is 0 Å². The zero-order valence-electron chi connectivity index (χ0n) is 8.65. The quantitative estimate of drug-likeness (QED) is 0.771. The molecule has 0 aliphatic heterocycles. The monoisotopic (exact) mass is 351 g/mol. The Morgan fingerprint density at radius 3 is 2.53 bits per heavy atom. The van der Waals surface area contributed by atoms with Crippen molar-refractivity contribution in [2.75, 3.05) is 0 Å². The van der Waals surface area contributed by atoms with Crippen LogP contribution in [-0.4, -0.2) is 0 Å². The summed E-state index contributed by atoms with van der Waals surface area (Å²) in [5, 5.41) is 8.87. The number of para-hydroxylation sites is 1. The molecule has 0 fully saturated rings. The van der Waals surface area contributed by atoms with E-state index in [9.17, 15) is 0 Å². The lowest BCUT2D eigenvalue weighted by Gasteiger charge is -2.08. The molecule has 0 atom stereocenters. The fourth-order valence-corrected chi connectivity index (χ4v) is 2.18. The Labute approximate surface area is 116 Å². The van der Waals surface area contributed by atoms with Crippen molar-refractivity contribution in [2.24, 2.45) is 0 Å². The first kappa shape index (κ1) is 12.2. The third-order valence-electron chi connectivity index (χ3n) is 2.06. The van der Waals surface area contributed by atoms with E-state index in [2.05, 4.69) is 37.9 Å². The molecule has 17 heavy (non-hydrogen) atoms. The predicted octanol–water partition coefficient (Wildman–Crippen LogP) is 4.88. The minimum absolute atomic E-state index is 0.557. The summed E-state index contributed by atoms with van der Waals surface area (Å²) in [4.78, 5) is 0. The van der Waals surface area contributed by atoms with Crippen molar-refractivity contribution in [2.45, 2.75) is 0 Å². The molecule has 0 radical (unpaired) electrons. The van der Waals surface area contributed by atoms with Crippen LogP contribution in [0.15, 0.2) is 51.4 Å². The lowest BCUT2D eigenvalue weighted by Crippen LogP contribution is -1.86. The maximum absolute atomic E-state index is 8.87. The molecular weight excluding hydrogens is 346 g/mol. The first-order chi connectivity index (χ1) is 8.19. The van der Waals surface area contributed by atoms with Crippen LogP contribution in [0.2, 0.25) is 0 Å². The van der Waals surface area contributed by atoms with Gasteiger partial charge < -0.3 is 4.74 Å². The third-order valence-corrected chi connectivity index (χ3v) is 3.18. The molecule has 0 bridgehead atoms. The van der Waals surface area contributed by atoms with Gasteiger partial charge in [-0.1, -0.05) is 28.1 Å². The second kappa shape index (κ2) is 5.35. The van der Waals surface area contributed by atoms with Crippen molar-refractivity contribution in [1.82, 2.24) is 0 Å². The standard InChI is InChI=1S/C13H7Br2NO/c14-10-5-9(8-16)6-11(7-10)17-13-4-2-1-3-12(13)15/h1-7H. The molecule has 0 amide bonds. The van der Waals surface area contributed by atoms with Crippen molar-refractivity contribution in [3.8, 4) is 17.6 Å². The molecular formula is C13H7Br2NO. The number of benzene rings is 2. The SMILES string of the molecule is N#Cc1cc(Br)cc(Oc2ccccc2Br)c1. The largest absolute Gasteiger partial charge is 0.456 e. The molecule has 0 N–H and O–H groups in total. The summed E-state index contributed by atoms with van der Waals surface area (Å²) in [7, 11) is 0. The average Bonchev–Trinajstić information content (AvgIpc) is 2.31. The van der Waals surface area contributed by atoms with Crippen molar-refractivity contribution in [3.05, 3.63) is 57.0 Å². The van der Waals surface area contributed by atoms with Crippen molar-refractivity contribution in [3.63, 3.8) is 0 Å². The lowest BCUT2D eigenvalue weighted by atomic mass is 10.2. The number of rotatable bonds is 2. The van der Waals surface area contributed by atoms with Crippen LogP contribution in [0, 0.1) is 11.3 Å². The van der Waals surface area contributed by atoms with Crippen LogP contribution in [0.5, 0.6) is 11.5 Å². The van der Waals surface area contributed by atoms with Crippen LogP contribution in [0.4, 0.5) is 0 Å². The maximum Gasteiger partial charge on any atom is 0.141 e. The highest BCUT2D eigenvalue weighted by Gasteiger charge is 2.04. The van der Waals surface area contributed by atoms with E-state index in [1.807, 2.05) is 30.3 Å². The van der Waals surface area contributed by atoms with Gasteiger partial charge >= 0.3 is 0 Å². The lowest BCUT2D eigenvalue weighted by molar-refractivity contribution is 0.479. The van der Waals surface area contributed by atoms with Crippen molar-refractivity contribution in [1.29, 1.82) is 5.26 Å². The van der Waals surface area contributed by atoms with E-state index in [1.54, 1.807) is 12.1 Å². The van der Waals surface area contributed by atoms with Gasteiger partial charge in [0.05, 0.1) is 16.1 Å². The Morgan fingerprint density at radius 1 is 1.06 bits per heavy atom. The summed E-state index contributed by atoms with van der Waals surface area (Å²) in [5.41, 5.74) is 0.557. The highest BCUT2D eigenvalue weighted by molar-refractivity contribution is 9.10. The second-order valence-electron chi connectivity index (χ2n) is 3.32. The van der Waals surface area contributed by atoms with Gasteiger partial charge in [0.1, 0.15) is 11.5 Å². The van der Waals surface area contributed by atoms with E-state index in [0.29, 0.717) is 11.3 Å². The van der Waals surface area contributed by atoms with E-state index in [-0.39, 0.29) is 0 Å². The van der Waals surface area contributed by atoms with Crippen LogP contribution >= 0.6 is 31.9 Å². The Bertz CT molecular complexity index is 590. The zero-order chi connectivity index (χ0) is 12.3. The minimum atomic E-state index is 0.557. The number of nitrogens with zero attached hydrogens (tertiary/aromatic N) is 1. The Balaban J connectivity index is 2.34. The summed E-state index contributed by atoms with van der Waals surface area (Å²) in [6.07, 6.45) is 0. The second-order valence-corrected chi connectivity index (χ2v) is 5.09. The number of ether oxygens (including phenoxy) is 1. The van der Waals surface area contributed by atoms with Crippen LogP contribution in [0.25, 0.3) is 0 Å². The summed E-state index contributed by atoms with van der Waals surface area (Å²) in [5.74, 6) is 1.34. The van der Waals surface area contributed by atoms with Crippen LogP contribution in [0.1, 0.15) is 5.56 Å². The minimum Gasteiger partial charge on any atom is -0.456 e. The van der Waals surface area contributed by atoms with Gasteiger partial charge in [-0.3, -0.25) is 0 Å². The molecule has 2 nitrogen and oxygen atoms in total. The molecule has 4 heteroatoms. The molecule has 2 aromatic rings. The van der Waals surface area contributed by atoms with E-state index in [0.717, 1.165) is 14.7 Å². The molecule has 0 aromatic heterocycles. The first-order valence-corrected chi connectivity index (χ1v) is 6.41. The van der Waals surface area contributed by atoms with E-state index in [1.165, 1.54) is 0 Å². The molecule has 0 saturated heterocycles. The third kappa shape index (κ3) is 3.09. The number of halogens is 2. The van der Waals surface area contributed by atoms with Gasteiger partial charge in [0.15, 0.2) is 0 Å². The maximum atomic E-state index is 8.87. The molecule has 0 heterocycles. The predicted molar refractivity (Wildman–Crippen MR) is 73.1 cm³/mol. The summed E-state index contributed by atoms with van der Waals surface area (Å²) < 4.78 is 7.40. The normalized spacial score (nSPS) is 9.71. The van der Waals surface area contributed by atoms with Gasteiger partial charge in [0, 0.05) is 4.47 Å². The fraction of sp³-hybridized carbons (Fsp3) is 0. The molecule has 0 aliphatic carbocycles. The van der Waals surface area contributed by atoms with Crippen molar-refractivity contribution >= 4 is 31.9 Å². The molecule has 2 aromatic carbocycles. The van der Waals surface area contributed by atoms with Crippen LogP contribution in [0.3, 0.4) is 0 Å². The number of hydrogen-bond acceptors (Lipinski definition) is 2. The van der Waals surface area contributed by atoms with Crippen molar-refractivity contribution < 1.29 is 4.74 Å². The molecule has 0 unspecified atom stereocenters. The van der Waals surface area contributed by atoms with E-state index in [4.69, 9.17) is 10.00 Å². The Hall–Kier alpha value is -1.31. The zero-order valence-corrected chi connectivity index (χ0v) is 11.8. The Morgan fingerprint density at radius 2 is 1.82 bits per heavy atom. The van der Waals surface area contributed by atoms with E-state index >= 15 is 0 Å². The number of nitriles is 1.